The topological polar surface area (TPSA) is 41.9 Å². The van der Waals surface area contributed by atoms with Crippen LogP contribution in [0.25, 0.3) is 0 Å². The first kappa shape index (κ1) is 9.32. The Labute approximate surface area is 76.1 Å². The minimum absolute atomic E-state index is 0.264. The van der Waals surface area contributed by atoms with E-state index in [0.717, 1.165) is 0 Å². The summed E-state index contributed by atoms with van der Waals surface area (Å²) in [6.07, 6.45) is 0.455. The molecule has 1 rings (SSSR count). The van der Waals surface area contributed by atoms with Crippen LogP contribution in [0.5, 0.6) is 0 Å². The van der Waals surface area contributed by atoms with E-state index in [2.05, 4.69) is 5.10 Å². The first-order valence-electron chi connectivity index (χ1n) is 3.77. The number of carbonyl (C=O) groups excluding carboxylic acids is 1. The highest BCUT2D eigenvalue weighted by Gasteiger charge is 2.30. The number of hydrogen-bond acceptors (Lipinski definition) is 4. The van der Waals surface area contributed by atoms with Gasteiger partial charge in [-0.05, 0) is 6.92 Å². The molecule has 0 radical (unpaired) electrons. The maximum atomic E-state index is 11.2. The highest BCUT2D eigenvalue weighted by molar-refractivity contribution is 6.65. The lowest BCUT2D eigenvalue weighted by Gasteiger charge is -2.16. The monoisotopic (exact) mass is 190 g/mol. The van der Waals surface area contributed by atoms with Crippen molar-refractivity contribution in [1.29, 1.82) is 0 Å². The molecular weight excluding hydrogens is 180 g/mol. The Kier molecular flexibility index (Phi) is 2.92. The molecule has 0 saturated heterocycles. The van der Waals surface area contributed by atoms with Crippen LogP contribution in [-0.4, -0.2) is 35.8 Å². The summed E-state index contributed by atoms with van der Waals surface area (Å²) in [4.78, 5) is 11.2. The van der Waals surface area contributed by atoms with Crippen molar-refractivity contribution in [3.63, 3.8) is 0 Å². The van der Waals surface area contributed by atoms with Crippen LogP contribution in [0, 0.1) is 0 Å². The molecule has 0 N–H and O–H groups in total. The van der Waals surface area contributed by atoms with Gasteiger partial charge >= 0.3 is 5.97 Å². The summed E-state index contributed by atoms with van der Waals surface area (Å²) in [5.74, 6) is -0.264. The minimum atomic E-state index is -0.336. The van der Waals surface area contributed by atoms with Gasteiger partial charge in [-0.15, -0.1) is 0 Å². The van der Waals surface area contributed by atoms with E-state index in [0.29, 0.717) is 18.2 Å². The summed E-state index contributed by atoms with van der Waals surface area (Å²) >= 11 is 5.65. The van der Waals surface area contributed by atoms with Gasteiger partial charge in [0.25, 0.3) is 0 Å². The van der Waals surface area contributed by atoms with Gasteiger partial charge < -0.3 is 4.74 Å². The van der Waals surface area contributed by atoms with E-state index in [9.17, 15) is 4.79 Å². The van der Waals surface area contributed by atoms with Gasteiger partial charge in [-0.2, -0.15) is 5.10 Å². The Bertz CT molecular complexity index is 217. The molecule has 0 aromatic rings. The van der Waals surface area contributed by atoms with Crippen LogP contribution in [0.1, 0.15) is 13.3 Å². The third-order valence-corrected chi connectivity index (χ3v) is 1.87. The van der Waals surface area contributed by atoms with Crippen LogP contribution in [0.2, 0.25) is 0 Å². The van der Waals surface area contributed by atoms with Gasteiger partial charge in [0.2, 0.25) is 0 Å². The molecule has 0 aromatic heterocycles. The van der Waals surface area contributed by atoms with Crippen molar-refractivity contribution in [2.24, 2.45) is 5.10 Å². The molecule has 0 fully saturated rings. The Balaban J connectivity index is 2.51. The average Bonchev–Trinajstić information content (AvgIpc) is 2.30. The lowest BCUT2D eigenvalue weighted by Crippen LogP contribution is -2.33. The molecule has 4 nitrogen and oxygen atoms in total. The number of carbonyl (C=O) groups is 1. The normalized spacial score (nSPS) is 22.4. The minimum Gasteiger partial charge on any atom is -0.464 e. The van der Waals surface area contributed by atoms with E-state index >= 15 is 0 Å². The smallest absolute Gasteiger partial charge is 0.330 e. The molecule has 12 heavy (non-hydrogen) atoms. The molecule has 68 valence electrons. The van der Waals surface area contributed by atoms with Gasteiger partial charge in [-0.1, -0.05) is 11.6 Å². The number of ether oxygens (including phenoxy) is 1. The van der Waals surface area contributed by atoms with Crippen LogP contribution in [0.4, 0.5) is 0 Å². The molecule has 0 aromatic carbocycles. The maximum absolute atomic E-state index is 11.2. The highest BCUT2D eigenvalue weighted by Crippen LogP contribution is 2.16. The predicted molar refractivity (Wildman–Crippen MR) is 46.1 cm³/mol. The summed E-state index contributed by atoms with van der Waals surface area (Å²) in [7, 11) is 1.71. The number of hydrogen-bond donors (Lipinski definition) is 0. The number of esters is 1. The lowest BCUT2D eigenvalue weighted by molar-refractivity contribution is -0.148. The first-order valence-corrected chi connectivity index (χ1v) is 4.15. The third-order valence-electron chi connectivity index (χ3n) is 1.64. The quantitative estimate of drug-likeness (QED) is 0.605. The Morgan fingerprint density at radius 2 is 2.58 bits per heavy atom. The van der Waals surface area contributed by atoms with E-state index in [1.54, 1.807) is 14.0 Å². The summed E-state index contributed by atoms with van der Waals surface area (Å²) in [6.45, 7) is 2.16. The molecule has 0 aliphatic carbocycles. The van der Waals surface area contributed by atoms with Gasteiger partial charge in [0, 0.05) is 13.5 Å². The second-order valence-corrected chi connectivity index (χ2v) is 2.96. The van der Waals surface area contributed by atoms with Crippen molar-refractivity contribution < 1.29 is 9.53 Å². The maximum Gasteiger partial charge on any atom is 0.330 e. The fraction of sp³-hybridized carbons (Fsp3) is 0.714. The third kappa shape index (κ3) is 1.88. The van der Waals surface area contributed by atoms with Gasteiger partial charge in [0.05, 0.1) is 6.61 Å². The molecule has 5 heteroatoms. The lowest BCUT2D eigenvalue weighted by atomic mass is 10.2. The summed E-state index contributed by atoms with van der Waals surface area (Å²) in [5.41, 5.74) is 0. The average molecular weight is 191 g/mol. The van der Waals surface area contributed by atoms with Crippen LogP contribution in [-0.2, 0) is 9.53 Å². The molecule has 0 saturated carbocycles. The SMILES string of the molecule is CCOC(=O)C1CC(Cl)=NN1C. The summed E-state index contributed by atoms with van der Waals surface area (Å²) in [5, 5.41) is 5.87. The number of hydrazone groups is 1. The van der Waals surface area contributed by atoms with E-state index < -0.39 is 0 Å². The summed E-state index contributed by atoms with van der Waals surface area (Å²) < 4.78 is 4.83. The van der Waals surface area contributed by atoms with Gasteiger partial charge in [0.15, 0.2) is 6.04 Å². The van der Waals surface area contributed by atoms with E-state index in [1.165, 1.54) is 5.01 Å². The number of likely N-dealkylation sites (N-methyl/N-ethyl adjacent to an activating group) is 1. The highest BCUT2D eigenvalue weighted by atomic mass is 35.5. The zero-order chi connectivity index (χ0) is 9.14. The van der Waals surface area contributed by atoms with Crippen molar-refractivity contribution in [1.82, 2.24) is 5.01 Å². The van der Waals surface area contributed by atoms with Gasteiger partial charge in [-0.25, -0.2) is 4.79 Å². The zero-order valence-electron chi connectivity index (χ0n) is 7.08. The fourth-order valence-electron chi connectivity index (χ4n) is 1.05. The number of halogens is 1. The molecule has 0 amide bonds. The van der Waals surface area contributed by atoms with Crippen LogP contribution in [0.15, 0.2) is 5.10 Å². The van der Waals surface area contributed by atoms with Gasteiger partial charge in [-0.3, -0.25) is 5.01 Å². The Morgan fingerprint density at radius 3 is 3.00 bits per heavy atom. The van der Waals surface area contributed by atoms with E-state index in [4.69, 9.17) is 16.3 Å². The molecule has 0 bridgehead atoms. The van der Waals surface area contributed by atoms with Crippen LogP contribution in [0.3, 0.4) is 0 Å². The molecule has 1 aliphatic heterocycles. The van der Waals surface area contributed by atoms with Crippen molar-refractivity contribution in [3.05, 3.63) is 0 Å². The predicted octanol–water partition coefficient (Wildman–Crippen LogP) is 0.806. The Hall–Kier alpha value is -0.770. The van der Waals surface area contributed by atoms with E-state index in [1.807, 2.05) is 0 Å². The van der Waals surface area contributed by atoms with Crippen molar-refractivity contribution in [2.75, 3.05) is 13.7 Å². The van der Waals surface area contributed by atoms with Crippen molar-refractivity contribution in [3.8, 4) is 0 Å². The second-order valence-electron chi connectivity index (χ2n) is 2.52. The summed E-state index contributed by atoms with van der Waals surface area (Å²) in [6, 6.07) is -0.336. The first-order chi connectivity index (χ1) is 5.65. The van der Waals surface area contributed by atoms with Crippen LogP contribution < -0.4 is 0 Å². The van der Waals surface area contributed by atoms with E-state index in [-0.39, 0.29) is 12.0 Å². The molecule has 1 aliphatic rings. The zero-order valence-corrected chi connectivity index (χ0v) is 7.84. The molecule has 1 atom stereocenters. The second kappa shape index (κ2) is 3.76. The van der Waals surface area contributed by atoms with Crippen molar-refractivity contribution >= 4 is 22.7 Å². The number of nitrogens with zero attached hydrogens (tertiary/aromatic N) is 2. The molecule has 1 unspecified atom stereocenters. The molecule has 0 spiro atoms. The fourth-order valence-corrected chi connectivity index (χ4v) is 1.31. The standard InChI is InChI=1S/C7H11ClN2O2/c1-3-12-7(11)5-4-6(8)9-10(5)2/h5H,3-4H2,1-2H3. The molecular formula is C7H11ClN2O2. The Morgan fingerprint density at radius 1 is 1.92 bits per heavy atom. The van der Waals surface area contributed by atoms with Gasteiger partial charge in [0.1, 0.15) is 5.17 Å². The van der Waals surface area contributed by atoms with Crippen LogP contribution >= 0.6 is 11.6 Å². The largest absolute Gasteiger partial charge is 0.464 e. The number of rotatable bonds is 2. The molecule has 1 heterocycles. The van der Waals surface area contributed by atoms with Crippen molar-refractivity contribution in [2.45, 2.75) is 19.4 Å².